The summed E-state index contributed by atoms with van der Waals surface area (Å²) < 4.78 is 0.995. The topological polar surface area (TPSA) is 50.7 Å². The van der Waals surface area contributed by atoms with Crippen molar-refractivity contribution in [1.29, 1.82) is 0 Å². The van der Waals surface area contributed by atoms with Crippen molar-refractivity contribution < 1.29 is 0 Å². The molecular formula is C10H11BrN4. The number of halogens is 1. The van der Waals surface area contributed by atoms with Crippen LogP contribution in [-0.2, 0) is 6.42 Å². The molecule has 1 heterocycles. The first-order chi connectivity index (χ1) is 7.29. The van der Waals surface area contributed by atoms with Crippen LogP contribution in [0, 0.1) is 0 Å². The summed E-state index contributed by atoms with van der Waals surface area (Å²) >= 11 is 3.39. The van der Waals surface area contributed by atoms with E-state index in [1.54, 1.807) is 0 Å². The first kappa shape index (κ1) is 10.4. The van der Waals surface area contributed by atoms with Crippen molar-refractivity contribution in [2.75, 3.05) is 13.6 Å². The predicted octanol–water partition coefficient (Wildman–Crippen LogP) is 1.55. The third-order valence-corrected chi connectivity index (χ3v) is 2.55. The summed E-state index contributed by atoms with van der Waals surface area (Å²) in [6.45, 7) is 0.865. The molecule has 0 aliphatic rings. The van der Waals surface area contributed by atoms with Crippen LogP contribution in [0.25, 0.3) is 11.0 Å². The molecule has 0 bridgehead atoms. The van der Waals surface area contributed by atoms with E-state index in [4.69, 9.17) is 0 Å². The van der Waals surface area contributed by atoms with Gasteiger partial charge >= 0.3 is 0 Å². The number of hydrogen-bond acceptors (Lipinski definition) is 4. The third-order valence-electron chi connectivity index (χ3n) is 2.06. The van der Waals surface area contributed by atoms with Gasteiger partial charge < -0.3 is 5.32 Å². The second-order valence-electron chi connectivity index (χ2n) is 3.21. The van der Waals surface area contributed by atoms with E-state index in [0.29, 0.717) is 0 Å². The van der Waals surface area contributed by atoms with Crippen molar-refractivity contribution in [3.05, 3.63) is 28.5 Å². The fraction of sp³-hybridized carbons (Fsp3) is 0.300. The zero-order valence-corrected chi connectivity index (χ0v) is 9.95. The number of fused-ring (bicyclic) bond motifs is 1. The van der Waals surface area contributed by atoms with Gasteiger partial charge in [0.15, 0.2) is 5.82 Å². The van der Waals surface area contributed by atoms with Crippen LogP contribution in [0.2, 0.25) is 0 Å². The molecule has 0 radical (unpaired) electrons. The maximum atomic E-state index is 4.42. The van der Waals surface area contributed by atoms with E-state index in [9.17, 15) is 0 Å². The zero-order valence-electron chi connectivity index (χ0n) is 8.37. The molecule has 1 aromatic carbocycles. The number of hydrogen-bond donors (Lipinski definition) is 1. The minimum absolute atomic E-state index is 0.777. The highest BCUT2D eigenvalue weighted by Gasteiger charge is 2.01. The van der Waals surface area contributed by atoms with Crippen molar-refractivity contribution in [3.8, 4) is 0 Å². The van der Waals surface area contributed by atoms with E-state index in [2.05, 4.69) is 36.4 Å². The third kappa shape index (κ3) is 2.49. The Morgan fingerprint density at radius 1 is 1.27 bits per heavy atom. The molecule has 78 valence electrons. The van der Waals surface area contributed by atoms with Crippen molar-refractivity contribution in [1.82, 2.24) is 20.5 Å². The SMILES string of the molecule is CNCCc1nnc2cc(Br)ccc2n1. The maximum absolute atomic E-state index is 4.42. The monoisotopic (exact) mass is 266 g/mol. The standard InChI is InChI=1S/C10H11BrN4/c1-12-5-4-10-13-8-3-2-7(11)6-9(8)14-15-10/h2-3,6,12H,4-5H2,1H3. The Kier molecular flexibility index (Phi) is 3.23. The highest BCUT2D eigenvalue weighted by atomic mass is 79.9. The maximum Gasteiger partial charge on any atom is 0.152 e. The molecule has 4 nitrogen and oxygen atoms in total. The lowest BCUT2D eigenvalue weighted by atomic mass is 10.3. The molecule has 0 unspecified atom stereocenters. The molecule has 0 saturated heterocycles. The van der Waals surface area contributed by atoms with Crippen LogP contribution in [0.5, 0.6) is 0 Å². The molecule has 0 amide bonds. The Balaban J connectivity index is 2.34. The van der Waals surface area contributed by atoms with E-state index >= 15 is 0 Å². The Morgan fingerprint density at radius 3 is 2.93 bits per heavy atom. The van der Waals surface area contributed by atoms with Crippen molar-refractivity contribution in [3.63, 3.8) is 0 Å². The van der Waals surface area contributed by atoms with Crippen LogP contribution in [-0.4, -0.2) is 28.8 Å². The fourth-order valence-electron chi connectivity index (χ4n) is 1.29. The first-order valence-corrected chi connectivity index (χ1v) is 5.52. The Bertz CT molecular complexity index is 472. The molecule has 0 aliphatic heterocycles. The number of rotatable bonds is 3. The van der Waals surface area contributed by atoms with Crippen LogP contribution in [0.15, 0.2) is 22.7 Å². The number of nitrogens with one attached hydrogen (secondary N) is 1. The largest absolute Gasteiger partial charge is 0.319 e. The van der Waals surface area contributed by atoms with E-state index in [1.807, 2.05) is 25.2 Å². The van der Waals surface area contributed by atoms with Crippen LogP contribution < -0.4 is 5.32 Å². The highest BCUT2D eigenvalue weighted by Crippen LogP contribution is 2.15. The van der Waals surface area contributed by atoms with E-state index in [1.165, 1.54) is 0 Å². The lowest BCUT2D eigenvalue weighted by Crippen LogP contribution is -2.12. The highest BCUT2D eigenvalue weighted by molar-refractivity contribution is 9.10. The van der Waals surface area contributed by atoms with Gasteiger partial charge in [-0.3, -0.25) is 0 Å². The summed E-state index contributed by atoms with van der Waals surface area (Å²) in [5, 5.41) is 11.2. The van der Waals surface area contributed by atoms with Gasteiger partial charge in [0.1, 0.15) is 5.52 Å². The molecule has 1 N–H and O–H groups in total. The molecular weight excluding hydrogens is 256 g/mol. The summed E-state index contributed by atoms with van der Waals surface area (Å²) in [7, 11) is 1.91. The van der Waals surface area contributed by atoms with Gasteiger partial charge in [0, 0.05) is 17.4 Å². The van der Waals surface area contributed by atoms with Gasteiger partial charge in [-0.15, -0.1) is 10.2 Å². The minimum Gasteiger partial charge on any atom is -0.319 e. The number of nitrogens with zero attached hydrogens (tertiary/aromatic N) is 3. The second kappa shape index (κ2) is 4.63. The summed E-state index contributed by atoms with van der Waals surface area (Å²) in [5.74, 6) is 0.777. The van der Waals surface area contributed by atoms with Gasteiger partial charge in [0.25, 0.3) is 0 Å². The van der Waals surface area contributed by atoms with Crippen LogP contribution in [0.3, 0.4) is 0 Å². The van der Waals surface area contributed by atoms with Crippen LogP contribution in [0.1, 0.15) is 5.82 Å². The minimum atomic E-state index is 0.777. The molecule has 0 spiro atoms. The summed E-state index contributed by atoms with van der Waals surface area (Å²) in [5.41, 5.74) is 1.71. The molecule has 15 heavy (non-hydrogen) atoms. The van der Waals surface area contributed by atoms with Crippen molar-refractivity contribution >= 4 is 27.0 Å². The summed E-state index contributed by atoms with van der Waals surface area (Å²) in [6.07, 6.45) is 0.801. The Morgan fingerprint density at radius 2 is 2.13 bits per heavy atom. The summed E-state index contributed by atoms with van der Waals surface area (Å²) in [6, 6.07) is 5.81. The molecule has 1 aromatic heterocycles. The Hall–Kier alpha value is -1.07. The lowest BCUT2D eigenvalue weighted by Gasteiger charge is -2.00. The van der Waals surface area contributed by atoms with Crippen LogP contribution >= 0.6 is 15.9 Å². The molecule has 2 aromatic rings. The predicted molar refractivity (Wildman–Crippen MR) is 62.7 cm³/mol. The van der Waals surface area contributed by atoms with E-state index in [-0.39, 0.29) is 0 Å². The zero-order chi connectivity index (χ0) is 10.7. The normalized spacial score (nSPS) is 10.8. The summed E-state index contributed by atoms with van der Waals surface area (Å²) in [4.78, 5) is 4.42. The first-order valence-electron chi connectivity index (χ1n) is 4.73. The molecule has 0 saturated carbocycles. The van der Waals surface area contributed by atoms with Crippen molar-refractivity contribution in [2.45, 2.75) is 6.42 Å². The molecule has 2 rings (SSSR count). The number of benzene rings is 1. The van der Waals surface area contributed by atoms with Gasteiger partial charge in [-0.2, -0.15) is 0 Å². The molecule has 5 heteroatoms. The van der Waals surface area contributed by atoms with Gasteiger partial charge in [-0.05, 0) is 25.2 Å². The fourth-order valence-corrected chi connectivity index (χ4v) is 1.64. The number of aromatic nitrogens is 3. The lowest BCUT2D eigenvalue weighted by molar-refractivity contribution is 0.743. The molecule has 0 fully saturated rings. The molecule has 0 atom stereocenters. The van der Waals surface area contributed by atoms with Crippen molar-refractivity contribution in [2.24, 2.45) is 0 Å². The quantitative estimate of drug-likeness (QED) is 0.916. The smallest absolute Gasteiger partial charge is 0.152 e. The average molecular weight is 267 g/mol. The van der Waals surface area contributed by atoms with Gasteiger partial charge in [0.2, 0.25) is 0 Å². The van der Waals surface area contributed by atoms with E-state index < -0.39 is 0 Å². The average Bonchev–Trinajstić information content (AvgIpc) is 2.26. The van der Waals surface area contributed by atoms with Gasteiger partial charge in [0.05, 0.1) is 5.52 Å². The van der Waals surface area contributed by atoms with Gasteiger partial charge in [-0.1, -0.05) is 15.9 Å². The van der Waals surface area contributed by atoms with Crippen LogP contribution in [0.4, 0.5) is 0 Å². The Labute approximate surface area is 96.3 Å². The van der Waals surface area contributed by atoms with E-state index in [0.717, 1.165) is 34.3 Å². The second-order valence-corrected chi connectivity index (χ2v) is 4.13. The molecule has 0 aliphatic carbocycles. The van der Waals surface area contributed by atoms with Gasteiger partial charge in [-0.25, -0.2) is 4.98 Å². The number of likely N-dealkylation sites (N-methyl/N-ethyl adjacent to an activating group) is 1.